The summed E-state index contributed by atoms with van der Waals surface area (Å²) in [7, 11) is -3.52. The Kier molecular flexibility index (Phi) is 7.03. The normalized spacial score (nSPS) is 11.4. The van der Waals surface area contributed by atoms with Gasteiger partial charge in [-0.1, -0.05) is 49.7 Å². The maximum atomic E-state index is 12.6. The lowest BCUT2D eigenvalue weighted by Crippen LogP contribution is -2.29. The highest BCUT2D eigenvalue weighted by Gasteiger charge is 2.18. The number of benzene rings is 3. The van der Waals surface area contributed by atoms with Gasteiger partial charge in [-0.05, 0) is 65.6 Å². The molecule has 31 heavy (non-hydrogen) atoms. The van der Waals surface area contributed by atoms with E-state index in [9.17, 15) is 13.2 Å². The highest BCUT2D eigenvalue weighted by Crippen LogP contribution is 2.23. The first-order valence-electron chi connectivity index (χ1n) is 9.87. The highest BCUT2D eigenvalue weighted by molar-refractivity contribution is 7.92. The number of hydrogen-bond acceptors (Lipinski definition) is 3. The average Bonchev–Trinajstić information content (AvgIpc) is 2.73. The molecule has 7 heteroatoms. The third-order valence-electron chi connectivity index (χ3n) is 4.89. The Morgan fingerprint density at radius 1 is 0.935 bits per heavy atom. The van der Waals surface area contributed by atoms with E-state index in [0.29, 0.717) is 27.9 Å². The SMILES string of the molecule is CC(C)c1ccc(NC(=O)c2ccc(N(Cc3ccc(Cl)cc3)S(C)(=O)=O)cc2)cc1. The van der Waals surface area contributed by atoms with Gasteiger partial charge in [0.15, 0.2) is 0 Å². The molecule has 0 bridgehead atoms. The lowest BCUT2D eigenvalue weighted by molar-refractivity contribution is 0.102. The molecule has 0 aliphatic carbocycles. The van der Waals surface area contributed by atoms with Crippen LogP contribution in [0, 0.1) is 0 Å². The molecule has 0 saturated heterocycles. The zero-order valence-electron chi connectivity index (χ0n) is 17.7. The molecule has 0 atom stereocenters. The molecular weight excluding hydrogens is 432 g/mol. The van der Waals surface area contributed by atoms with Crippen molar-refractivity contribution in [2.24, 2.45) is 0 Å². The van der Waals surface area contributed by atoms with E-state index in [1.54, 1.807) is 48.5 Å². The van der Waals surface area contributed by atoms with Gasteiger partial charge in [0.2, 0.25) is 10.0 Å². The molecule has 1 N–H and O–H groups in total. The number of nitrogens with zero attached hydrogens (tertiary/aromatic N) is 1. The molecule has 0 aliphatic heterocycles. The Morgan fingerprint density at radius 3 is 2.03 bits per heavy atom. The smallest absolute Gasteiger partial charge is 0.255 e. The fourth-order valence-electron chi connectivity index (χ4n) is 3.09. The van der Waals surface area contributed by atoms with Crippen LogP contribution in [0.15, 0.2) is 72.8 Å². The number of carbonyl (C=O) groups is 1. The molecule has 0 aliphatic rings. The lowest BCUT2D eigenvalue weighted by Gasteiger charge is -2.23. The van der Waals surface area contributed by atoms with Crippen molar-refractivity contribution in [1.29, 1.82) is 0 Å². The second kappa shape index (κ2) is 9.54. The minimum absolute atomic E-state index is 0.170. The molecule has 5 nitrogen and oxygen atoms in total. The maximum Gasteiger partial charge on any atom is 0.255 e. The van der Waals surface area contributed by atoms with E-state index in [0.717, 1.165) is 11.8 Å². The number of hydrogen-bond donors (Lipinski definition) is 1. The van der Waals surface area contributed by atoms with E-state index >= 15 is 0 Å². The molecule has 0 unspecified atom stereocenters. The predicted octanol–water partition coefficient (Wildman–Crippen LogP) is 5.68. The van der Waals surface area contributed by atoms with Crippen LogP contribution in [0.3, 0.4) is 0 Å². The van der Waals surface area contributed by atoms with Crippen molar-refractivity contribution < 1.29 is 13.2 Å². The Morgan fingerprint density at radius 2 is 1.52 bits per heavy atom. The van der Waals surface area contributed by atoms with Crippen molar-refractivity contribution in [1.82, 2.24) is 0 Å². The first kappa shape index (κ1) is 22.8. The van der Waals surface area contributed by atoms with Gasteiger partial charge in [-0.3, -0.25) is 9.10 Å². The zero-order chi connectivity index (χ0) is 22.6. The Balaban J connectivity index is 1.75. The molecule has 3 aromatic carbocycles. The van der Waals surface area contributed by atoms with E-state index in [1.807, 2.05) is 24.3 Å². The van der Waals surface area contributed by atoms with E-state index in [-0.39, 0.29) is 12.5 Å². The minimum Gasteiger partial charge on any atom is -0.322 e. The van der Waals surface area contributed by atoms with Crippen LogP contribution in [-0.2, 0) is 16.6 Å². The van der Waals surface area contributed by atoms with Crippen molar-refractivity contribution in [3.8, 4) is 0 Å². The van der Waals surface area contributed by atoms with Crippen molar-refractivity contribution in [2.75, 3.05) is 15.9 Å². The second-order valence-electron chi connectivity index (χ2n) is 7.67. The number of rotatable bonds is 7. The van der Waals surface area contributed by atoms with Crippen molar-refractivity contribution in [3.63, 3.8) is 0 Å². The first-order valence-corrected chi connectivity index (χ1v) is 12.1. The van der Waals surface area contributed by atoms with Gasteiger partial charge >= 0.3 is 0 Å². The van der Waals surface area contributed by atoms with Crippen LogP contribution >= 0.6 is 11.6 Å². The van der Waals surface area contributed by atoms with Crippen LogP contribution < -0.4 is 9.62 Å². The molecule has 3 aromatic rings. The Labute approximate surface area is 188 Å². The zero-order valence-corrected chi connectivity index (χ0v) is 19.2. The lowest BCUT2D eigenvalue weighted by atomic mass is 10.0. The number of sulfonamides is 1. The number of nitrogens with one attached hydrogen (secondary N) is 1. The molecular formula is C24H25ClN2O3S. The third-order valence-corrected chi connectivity index (χ3v) is 6.29. The summed E-state index contributed by atoms with van der Waals surface area (Å²) in [6.07, 6.45) is 1.16. The van der Waals surface area contributed by atoms with Crippen LogP contribution in [0.2, 0.25) is 5.02 Å². The van der Waals surface area contributed by atoms with Gasteiger partial charge in [-0.25, -0.2) is 8.42 Å². The summed E-state index contributed by atoms with van der Waals surface area (Å²) in [6.45, 7) is 4.40. The van der Waals surface area contributed by atoms with Crippen molar-refractivity contribution in [2.45, 2.75) is 26.3 Å². The quantitative estimate of drug-likeness (QED) is 0.497. The predicted molar refractivity (Wildman–Crippen MR) is 127 cm³/mol. The molecule has 162 valence electrons. The highest BCUT2D eigenvalue weighted by atomic mass is 35.5. The third kappa shape index (κ3) is 6.09. The molecule has 0 spiro atoms. The molecule has 3 rings (SSSR count). The van der Waals surface area contributed by atoms with Crippen LogP contribution in [0.5, 0.6) is 0 Å². The second-order valence-corrected chi connectivity index (χ2v) is 10.0. The fraction of sp³-hybridized carbons (Fsp3) is 0.208. The van der Waals surface area contributed by atoms with Gasteiger partial charge in [-0.2, -0.15) is 0 Å². The summed E-state index contributed by atoms with van der Waals surface area (Å²) in [5, 5.41) is 3.45. The fourth-order valence-corrected chi connectivity index (χ4v) is 4.10. The Bertz CT molecular complexity index is 1140. The number of halogens is 1. The summed E-state index contributed by atoms with van der Waals surface area (Å²) in [5.74, 6) is 0.162. The van der Waals surface area contributed by atoms with E-state index in [2.05, 4.69) is 19.2 Å². The Hall–Kier alpha value is -2.83. The van der Waals surface area contributed by atoms with Gasteiger partial charge in [0.1, 0.15) is 0 Å². The van der Waals surface area contributed by atoms with E-state index < -0.39 is 10.0 Å². The maximum absolute atomic E-state index is 12.6. The van der Waals surface area contributed by atoms with E-state index in [1.165, 1.54) is 9.87 Å². The number of amides is 1. The number of carbonyl (C=O) groups excluding carboxylic acids is 1. The molecule has 0 aromatic heterocycles. The number of anilines is 2. The summed E-state index contributed by atoms with van der Waals surface area (Å²) in [6, 6.07) is 21.2. The average molecular weight is 457 g/mol. The van der Waals surface area contributed by atoms with Crippen LogP contribution in [0.1, 0.15) is 41.3 Å². The molecule has 1 amide bonds. The van der Waals surface area contributed by atoms with Crippen LogP contribution in [0.25, 0.3) is 0 Å². The summed E-state index contributed by atoms with van der Waals surface area (Å²) in [4.78, 5) is 12.6. The van der Waals surface area contributed by atoms with E-state index in [4.69, 9.17) is 11.6 Å². The van der Waals surface area contributed by atoms with Gasteiger partial charge < -0.3 is 5.32 Å². The van der Waals surface area contributed by atoms with Crippen molar-refractivity contribution in [3.05, 3.63) is 94.5 Å². The standard InChI is InChI=1S/C24H25ClN2O3S/c1-17(2)19-6-12-22(13-7-19)26-24(28)20-8-14-23(15-9-20)27(31(3,29)30)16-18-4-10-21(25)11-5-18/h4-15,17H,16H2,1-3H3,(H,26,28). The largest absolute Gasteiger partial charge is 0.322 e. The molecule has 0 radical (unpaired) electrons. The summed E-state index contributed by atoms with van der Waals surface area (Å²) >= 11 is 5.91. The van der Waals surface area contributed by atoms with Crippen molar-refractivity contribution >= 4 is 38.9 Å². The summed E-state index contributed by atoms with van der Waals surface area (Å²) in [5.41, 5.74) is 3.64. The minimum atomic E-state index is -3.52. The van der Waals surface area contributed by atoms with Crippen LogP contribution in [0.4, 0.5) is 11.4 Å². The van der Waals surface area contributed by atoms with Gasteiger partial charge in [0, 0.05) is 16.3 Å². The topological polar surface area (TPSA) is 66.5 Å². The first-order chi connectivity index (χ1) is 14.6. The van der Waals surface area contributed by atoms with Gasteiger partial charge in [0.25, 0.3) is 5.91 Å². The monoisotopic (exact) mass is 456 g/mol. The van der Waals surface area contributed by atoms with Gasteiger partial charge in [0.05, 0.1) is 18.5 Å². The molecule has 0 saturated carbocycles. The molecule has 0 fully saturated rings. The molecule has 0 heterocycles. The van der Waals surface area contributed by atoms with Gasteiger partial charge in [-0.15, -0.1) is 0 Å². The van der Waals surface area contributed by atoms with Crippen LogP contribution in [-0.4, -0.2) is 20.6 Å². The summed E-state index contributed by atoms with van der Waals surface area (Å²) < 4.78 is 26.0.